The highest BCUT2D eigenvalue weighted by atomic mass is 16.4. The SMILES string of the molecule is CCCCCCCCCCCCCCCCCC(=O)O.CCCCCCCCCCCCN. The Hall–Kier alpha value is -0.570. The van der Waals surface area contributed by atoms with Crippen LogP contribution in [-0.2, 0) is 4.79 Å². The molecule has 3 nitrogen and oxygen atoms in total. The number of unbranched alkanes of at least 4 members (excludes halogenated alkanes) is 23. The van der Waals surface area contributed by atoms with E-state index >= 15 is 0 Å². The number of aliphatic carboxylic acids is 1. The summed E-state index contributed by atoms with van der Waals surface area (Å²) in [6, 6.07) is 0. The van der Waals surface area contributed by atoms with E-state index in [1.807, 2.05) is 0 Å². The molecule has 200 valence electrons. The Morgan fingerprint density at radius 2 is 0.697 bits per heavy atom. The molecule has 0 fully saturated rings. The summed E-state index contributed by atoms with van der Waals surface area (Å²) in [4.78, 5) is 10.3. The van der Waals surface area contributed by atoms with Crippen LogP contribution in [0.25, 0.3) is 0 Å². The fourth-order valence-corrected chi connectivity index (χ4v) is 4.28. The third-order valence-corrected chi connectivity index (χ3v) is 6.55. The maximum atomic E-state index is 10.3. The molecule has 0 aliphatic heterocycles. The van der Waals surface area contributed by atoms with E-state index in [1.165, 1.54) is 148 Å². The van der Waals surface area contributed by atoms with Crippen LogP contribution in [0.3, 0.4) is 0 Å². The molecule has 0 aromatic heterocycles. The van der Waals surface area contributed by atoms with Crippen LogP contribution in [-0.4, -0.2) is 17.6 Å². The zero-order valence-electron chi connectivity index (χ0n) is 23.0. The van der Waals surface area contributed by atoms with Crippen molar-refractivity contribution in [3.63, 3.8) is 0 Å². The van der Waals surface area contributed by atoms with Gasteiger partial charge in [-0.25, -0.2) is 0 Å². The van der Waals surface area contributed by atoms with Gasteiger partial charge in [0.2, 0.25) is 0 Å². The predicted octanol–water partition coefficient (Wildman–Crippen LogP) is 10.2. The van der Waals surface area contributed by atoms with Gasteiger partial charge in [-0.05, 0) is 19.4 Å². The van der Waals surface area contributed by atoms with Crippen molar-refractivity contribution in [3.05, 3.63) is 0 Å². The number of hydrogen-bond donors (Lipinski definition) is 2. The van der Waals surface area contributed by atoms with Gasteiger partial charge in [0.25, 0.3) is 0 Å². The molecular weight excluding hydrogens is 406 g/mol. The lowest BCUT2D eigenvalue weighted by Gasteiger charge is -2.03. The quantitative estimate of drug-likeness (QED) is 0.124. The molecule has 0 radical (unpaired) electrons. The molecule has 0 unspecified atom stereocenters. The minimum Gasteiger partial charge on any atom is -0.481 e. The number of rotatable bonds is 26. The first kappa shape index (κ1) is 34.6. The van der Waals surface area contributed by atoms with Gasteiger partial charge in [0.1, 0.15) is 0 Å². The first-order valence-electron chi connectivity index (χ1n) is 15.1. The zero-order valence-corrected chi connectivity index (χ0v) is 23.0. The van der Waals surface area contributed by atoms with Gasteiger partial charge in [0.05, 0.1) is 0 Å². The molecule has 0 saturated heterocycles. The summed E-state index contributed by atoms with van der Waals surface area (Å²) >= 11 is 0. The Labute approximate surface area is 209 Å². The summed E-state index contributed by atoms with van der Waals surface area (Å²) in [6.45, 7) is 5.41. The first-order chi connectivity index (χ1) is 16.2. The third kappa shape index (κ3) is 39.0. The Morgan fingerprint density at radius 1 is 0.455 bits per heavy atom. The van der Waals surface area contributed by atoms with Crippen LogP contribution < -0.4 is 5.73 Å². The van der Waals surface area contributed by atoms with Crippen LogP contribution in [0.15, 0.2) is 0 Å². The van der Waals surface area contributed by atoms with E-state index in [4.69, 9.17) is 10.8 Å². The van der Waals surface area contributed by atoms with Crippen molar-refractivity contribution in [1.82, 2.24) is 0 Å². The maximum absolute atomic E-state index is 10.3. The van der Waals surface area contributed by atoms with E-state index in [0.29, 0.717) is 6.42 Å². The molecular formula is C30H63NO2. The summed E-state index contributed by atoms with van der Waals surface area (Å²) in [5, 5.41) is 8.52. The molecule has 0 aliphatic carbocycles. The van der Waals surface area contributed by atoms with Gasteiger partial charge in [-0.2, -0.15) is 0 Å². The van der Waals surface area contributed by atoms with Gasteiger partial charge in [-0.1, -0.05) is 162 Å². The summed E-state index contributed by atoms with van der Waals surface area (Å²) in [5.74, 6) is -0.653. The molecule has 0 spiro atoms. The second kappa shape index (κ2) is 33.6. The molecule has 3 heteroatoms. The molecule has 0 bridgehead atoms. The zero-order chi connectivity index (χ0) is 24.7. The Morgan fingerprint density at radius 3 is 0.939 bits per heavy atom. The molecule has 0 aromatic rings. The lowest BCUT2D eigenvalue weighted by molar-refractivity contribution is -0.137. The van der Waals surface area contributed by atoms with Crippen LogP contribution in [0.5, 0.6) is 0 Å². The third-order valence-electron chi connectivity index (χ3n) is 6.55. The number of carbonyl (C=O) groups is 1. The first-order valence-corrected chi connectivity index (χ1v) is 15.1. The summed E-state index contributed by atoms with van der Waals surface area (Å²) in [7, 11) is 0. The van der Waals surface area contributed by atoms with E-state index in [9.17, 15) is 4.79 Å². The van der Waals surface area contributed by atoms with E-state index in [0.717, 1.165) is 19.4 Å². The van der Waals surface area contributed by atoms with Crippen LogP contribution in [0.4, 0.5) is 0 Å². The standard InChI is InChI=1S/C18H36O2.C12H27N/c1-2-3-4-5-6-7-8-9-10-11-12-13-14-15-16-17-18(19)20;1-2-3-4-5-6-7-8-9-10-11-12-13/h2-17H2,1H3,(H,19,20);2-13H2,1H3. The maximum Gasteiger partial charge on any atom is 0.303 e. The van der Waals surface area contributed by atoms with Crippen LogP contribution in [0, 0.1) is 0 Å². The molecule has 0 rings (SSSR count). The smallest absolute Gasteiger partial charge is 0.303 e. The molecule has 0 heterocycles. The Balaban J connectivity index is 0. The number of nitrogens with two attached hydrogens (primary N) is 1. The van der Waals surface area contributed by atoms with E-state index in [-0.39, 0.29) is 0 Å². The van der Waals surface area contributed by atoms with Gasteiger partial charge in [-0.3, -0.25) is 4.79 Å². The van der Waals surface area contributed by atoms with E-state index < -0.39 is 5.97 Å². The molecule has 0 aromatic carbocycles. The normalized spacial score (nSPS) is 10.8. The minimum atomic E-state index is -0.653. The fraction of sp³-hybridized carbons (Fsp3) is 0.967. The molecule has 0 amide bonds. The predicted molar refractivity (Wildman–Crippen MR) is 148 cm³/mol. The number of carboxylic acids is 1. The van der Waals surface area contributed by atoms with Crippen molar-refractivity contribution in [2.24, 2.45) is 5.73 Å². The highest BCUT2D eigenvalue weighted by Crippen LogP contribution is 2.13. The van der Waals surface area contributed by atoms with Gasteiger partial charge in [0.15, 0.2) is 0 Å². The van der Waals surface area contributed by atoms with Crippen molar-refractivity contribution in [3.8, 4) is 0 Å². The minimum absolute atomic E-state index is 0.345. The highest BCUT2D eigenvalue weighted by Gasteiger charge is 1.97. The number of carboxylic acid groups (broad SMARTS) is 1. The Bertz CT molecular complexity index is 336. The van der Waals surface area contributed by atoms with Gasteiger partial charge < -0.3 is 10.8 Å². The van der Waals surface area contributed by atoms with Crippen molar-refractivity contribution < 1.29 is 9.90 Å². The van der Waals surface area contributed by atoms with Crippen LogP contribution in [0.2, 0.25) is 0 Å². The largest absolute Gasteiger partial charge is 0.481 e. The fourth-order valence-electron chi connectivity index (χ4n) is 4.28. The average Bonchev–Trinajstić information content (AvgIpc) is 2.81. The van der Waals surface area contributed by atoms with E-state index in [2.05, 4.69) is 13.8 Å². The second-order valence-corrected chi connectivity index (χ2v) is 10.1. The highest BCUT2D eigenvalue weighted by molar-refractivity contribution is 5.66. The van der Waals surface area contributed by atoms with Crippen molar-refractivity contribution >= 4 is 5.97 Å². The summed E-state index contributed by atoms with van der Waals surface area (Å²) < 4.78 is 0. The summed E-state index contributed by atoms with van der Waals surface area (Å²) in [5.41, 5.74) is 5.42. The van der Waals surface area contributed by atoms with Crippen LogP contribution in [0.1, 0.15) is 181 Å². The second-order valence-electron chi connectivity index (χ2n) is 10.1. The molecule has 33 heavy (non-hydrogen) atoms. The van der Waals surface area contributed by atoms with E-state index in [1.54, 1.807) is 0 Å². The van der Waals surface area contributed by atoms with Crippen molar-refractivity contribution in [1.29, 1.82) is 0 Å². The molecule has 0 aliphatic rings. The Kier molecular flexibility index (Phi) is 35.2. The van der Waals surface area contributed by atoms with Crippen molar-refractivity contribution in [2.75, 3.05) is 6.54 Å². The molecule has 0 atom stereocenters. The van der Waals surface area contributed by atoms with Gasteiger partial charge in [-0.15, -0.1) is 0 Å². The van der Waals surface area contributed by atoms with Gasteiger partial charge in [0, 0.05) is 6.42 Å². The van der Waals surface area contributed by atoms with Crippen LogP contribution >= 0.6 is 0 Å². The molecule has 0 saturated carbocycles. The monoisotopic (exact) mass is 469 g/mol. The molecule has 3 N–H and O–H groups in total. The lowest BCUT2D eigenvalue weighted by atomic mass is 10.0. The lowest BCUT2D eigenvalue weighted by Crippen LogP contribution is -1.97. The summed E-state index contributed by atoms with van der Waals surface area (Å²) in [6.07, 6.45) is 34.1. The number of hydrogen-bond acceptors (Lipinski definition) is 2. The van der Waals surface area contributed by atoms with Crippen molar-refractivity contribution in [2.45, 2.75) is 181 Å². The average molecular weight is 470 g/mol. The van der Waals surface area contributed by atoms with Gasteiger partial charge >= 0.3 is 5.97 Å². The topological polar surface area (TPSA) is 63.3 Å².